The normalized spacial score (nSPS) is 17.8. The third-order valence-electron chi connectivity index (χ3n) is 4.15. The van der Waals surface area contributed by atoms with E-state index in [2.05, 4.69) is 5.43 Å². The number of nitrogens with two attached hydrogens (primary N) is 1. The van der Waals surface area contributed by atoms with Crippen molar-refractivity contribution >= 4 is 23.2 Å². The Bertz CT molecular complexity index is 383. The number of benzene rings is 1. The fourth-order valence-corrected chi connectivity index (χ4v) is 3.51. The number of hydrogen-bond donors (Lipinski definition) is 2. The van der Waals surface area contributed by atoms with Crippen molar-refractivity contribution in [1.82, 2.24) is 5.43 Å². The predicted molar refractivity (Wildman–Crippen MR) is 82.5 cm³/mol. The van der Waals surface area contributed by atoms with Gasteiger partial charge in [-0.2, -0.15) is 0 Å². The maximum atomic E-state index is 6.20. The van der Waals surface area contributed by atoms with Crippen LogP contribution >= 0.6 is 23.2 Å². The van der Waals surface area contributed by atoms with E-state index < -0.39 is 0 Å². The van der Waals surface area contributed by atoms with Crippen molar-refractivity contribution in [2.24, 2.45) is 11.8 Å². The largest absolute Gasteiger partial charge is 0.271 e. The van der Waals surface area contributed by atoms with E-state index in [1.807, 2.05) is 18.2 Å². The summed E-state index contributed by atoms with van der Waals surface area (Å²) in [5, 5.41) is 1.46. The molecule has 1 aliphatic rings. The molecule has 1 saturated carbocycles. The molecule has 1 atom stereocenters. The molecule has 0 aromatic heterocycles. The van der Waals surface area contributed by atoms with Crippen LogP contribution in [0.5, 0.6) is 0 Å². The predicted octanol–water partition coefficient (Wildman–Crippen LogP) is 4.34. The van der Waals surface area contributed by atoms with Gasteiger partial charge < -0.3 is 0 Å². The fraction of sp³-hybridized carbons (Fsp3) is 0.600. The summed E-state index contributed by atoms with van der Waals surface area (Å²) in [6.45, 7) is 0. The molecule has 1 unspecified atom stereocenters. The average molecular weight is 301 g/mol. The minimum absolute atomic E-state index is 0.248. The molecule has 1 aromatic rings. The molecule has 0 bridgehead atoms. The average Bonchev–Trinajstić information content (AvgIpc) is 2.91. The van der Waals surface area contributed by atoms with Gasteiger partial charge in [0.15, 0.2) is 0 Å². The molecule has 0 aliphatic heterocycles. The molecule has 1 aliphatic carbocycles. The summed E-state index contributed by atoms with van der Waals surface area (Å²) in [6, 6.07) is 5.89. The molecule has 0 saturated heterocycles. The first-order chi connectivity index (χ1) is 9.20. The molecular weight excluding hydrogens is 279 g/mol. The van der Waals surface area contributed by atoms with E-state index >= 15 is 0 Å². The Hall–Kier alpha value is -0.280. The zero-order chi connectivity index (χ0) is 13.7. The molecule has 19 heavy (non-hydrogen) atoms. The molecule has 2 nitrogen and oxygen atoms in total. The van der Waals surface area contributed by atoms with E-state index in [1.165, 1.54) is 32.1 Å². The molecule has 106 valence electrons. The van der Waals surface area contributed by atoms with Crippen LogP contribution in [0, 0.1) is 5.92 Å². The molecule has 2 rings (SSSR count). The van der Waals surface area contributed by atoms with Crippen molar-refractivity contribution in [2.45, 2.75) is 51.0 Å². The van der Waals surface area contributed by atoms with E-state index in [0.717, 1.165) is 34.4 Å². The molecule has 0 radical (unpaired) electrons. The lowest BCUT2D eigenvalue weighted by molar-refractivity contribution is 0.407. The lowest BCUT2D eigenvalue weighted by atomic mass is 9.95. The van der Waals surface area contributed by atoms with Crippen LogP contribution in [0.4, 0.5) is 0 Å². The Morgan fingerprint density at radius 3 is 2.42 bits per heavy atom. The maximum absolute atomic E-state index is 6.20. The third kappa shape index (κ3) is 4.35. The van der Waals surface area contributed by atoms with Crippen LogP contribution in [0.25, 0.3) is 0 Å². The van der Waals surface area contributed by atoms with Gasteiger partial charge in [0, 0.05) is 16.1 Å². The molecule has 0 heterocycles. The minimum Gasteiger partial charge on any atom is -0.271 e. The van der Waals surface area contributed by atoms with Gasteiger partial charge in [0.2, 0.25) is 0 Å². The number of hydrogen-bond acceptors (Lipinski definition) is 2. The summed E-state index contributed by atoms with van der Waals surface area (Å²) in [7, 11) is 0. The summed E-state index contributed by atoms with van der Waals surface area (Å²) in [6.07, 6.45) is 8.67. The second-order valence-electron chi connectivity index (χ2n) is 5.50. The molecule has 1 fully saturated rings. The van der Waals surface area contributed by atoms with Crippen LogP contribution in [-0.4, -0.2) is 6.04 Å². The van der Waals surface area contributed by atoms with Gasteiger partial charge in [0.1, 0.15) is 0 Å². The highest BCUT2D eigenvalue weighted by molar-refractivity contribution is 6.35. The Balaban J connectivity index is 1.90. The first kappa shape index (κ1) is 15.1. The molecule has 0 spiro atoms. The molecule has 1 aromatic carbocycles. The van der Waals surface area contributed by atoms with Gasteiger partial charge in [0.05, 0.1) is 0 Å². The molecule has 0 amide bonds. The van der Waals surface area contributed by atoms with Crippen LogP contribution in [0.1, 0.15) is 44.1 Å². The number of halogens is 2. The van der Waals surface area contributed by atoms with Gasteiger partial charge in [-0.3, -0.25) is 11.3 Å². The standard InChI is InChI=1S/C15H22Cl2N2/c16-14-6-3-7-15(17)13(14)10-12(19-18)9-8-11-4-1-2-5-11/h3,6-7,11-12,19H,1-2,4-5,8-10,18H2. The van der Waals surface area contributed by atoms with Crippen molar-refractivity contribution in [3.8, 4) is 0 Å². The van der Waals surface area contributed by atoms with Gasteiger partial charge >= 0.3 is 0 Å². The first-order valence-electron chi connectivity index (χ1n) is 7.09. The molecular formula is C15H22Cl2N2. The first-order valence-corrected chi connectivity index (χ1v) is 7.85. The van der Waals surface area contributed by atoms with Crippen LogP contribution in [0.2, 0.25) is 10.0 Å². The van der Waals surface area contributed by atoms with Crippen molar-refractivity contribution in [3.63, 3.8) is 0 Å². The minimum atomic E-state index is 0.248. The van der Waals surface area contributed by atoms with Gasteiger partial charge in [0.25, 0.3) is 0 Å². The monoisotopic (exact) mass is 300 g/mol. The summed E-state index contributed by atoms with van der Waals surface area (Å²) in [5.41, 5.74) is 3.91. The fourth-order valence-electron chi connectivity index (χ4n) is 2.95. The Labute approximate surface area is 125 Å². The SMILES string of the molecule is NNC(CCC1CCCC1)Cc1c(Cl)cccc1Cl. The number of nitrogens with one attached hydrogen (secondary N) is 1. The second kappa shape index (κ2) is 7.49. The zero-order valence-electron chi connectivity index (χ0n) is 11.2. The Morgan fingerprint density at radius 2 is 1.84 bits per heavy atom. The van der Waals surface area contributed by atoms with Crippen molar-refractivity contribution in [2.75, 3.05) is 0 Å². The van der Waals surface area contributed by atoms with Gasteiger partial charge in [-0.15, -0.1) is 0 Å². The van der Waals surface area contributed by atoms with Crippen molar-refractivity contribution in [1.29, 1.82) is 0 Å². The third-order valence-corrected chi connectivity index (χ3v) is 4.85. The van der Waals surface area contributed by atoms with Crippen LogP contribution in [-0.2, 0) is 6.42 Å². The second-order valence-corrected chi connectivity index (χ2v) is 6.31. The van der Waals surface area contributed by atoms with Crippen LogP contribution in [0.15, 0.2) is 18.2 Å². The van der Waals surface area contributed by atoms with Crippen molar-refractivity contribution in [3.05, 3.63) is 33.8 Å². The lowest BCUT2D eigenvalue weighted by Gasteiger charge is -2.19. The Morgan fingerprint density at radius 1 is 1.21 bits per heavy atom. The van der Waals surface area contributed by atoms with E-state index in [-0.39, 0.29) is 6.04 Å². The lowest BCUT2D eigenvalue weighted by Crippen LogP contribution is -2.37. The van der Waals surface area contributed by atoms with Gasteiger partial charge in [-0.1, -0.05) is 55.0 Å². The number of rotatable bonds is 6. The molecule has 4 heteroatoms. The van der Waals surface area contributed by atoms with E-state index in [9.17, 15) is 0 Å². The highest BCUT2D eigenvalue weighted by atomic mass is 35.5. The summed E-state index contributed by atoms with van der Waals surface area (Å²) >= 11 is 12.4. The van der Waals surface area contributed by atoms with Crippen LogP contribution < -0.4 is 11.3 Å². The van der Waals surface area contributed by atoms with Gasteiger partial charge in [-0.25, -0.2) is 0 Å². The highest BCUT2D eigenvalue weighted by Crippen LogP contribution is 2.30. The van der Waals surface area contributed by atoms with E-state index in [0.29, 0.717) is 0 Å². The Kier molecular flexibility index (Phi) is 5.96. The van der Waals surface area contributed by atoms with E-state index in [4.69, 9.17) is 29.0 Å². The summed E-state index contributed by atoms with van der Waals surface area (Å²) < 4.78 is 0. The van der Waals surface area contributed by atoms with Crippen molar-refractivity contribution < 1.29 is 0 Å². The topological polar surface area (TPSA) is 38.0 Å². The molecule has 3 N–H and O–H groups in total. The maximum Gasteiger partial charge on any atom is 0.0453 e. The highest BCUT2D eigenvalue weighted by Gasteiger charge is 2.18. The quantitative estimate of drug-likeness (QED) is 0.606. The van der Waals surface area contributed by atoms with Gasteiger partial charge in [-0.05, 0) is 42.9 Å². The zero-order valence-corrected chi connectivity index (χ0v) is 12.7. The van der Waals surface area contributed by atoms with E-state index in [1.54, 1.807) is 0 Å². The smallest absolute Gasteiger partial charge is 0.0453 e. The van der Waals surface area contributed by atoms with Crippen LogP contribution in [0.3, 0.4) is 0 Å². The summed E-state index contributed by atoms with van der Waals surface area (Å²) in [5.74, 6) is 6.56. The summed E-state index contributed by atoms with van der Waals surface area (Å²) in [4.78, 5) is 0. The number of hydrazine groups is 1.